The number of amides is 1. The Morgan fingerprint density at radius 1 is 1.23 bits per heavy atom. The maximum atomic E-state index is 12.6. The van der Waals surface area contributed by atoms with Crippen molar-refractivity contribution in [1.29, 1.82) is 0 Å². The van der Waals surface area contributed by atoms with E-state index in [2.05, 4.69) is 0 Å². The first-order valence-corrected chi connectivity index (χ1v) is 7.07. The average molecular weight is 307 g/mol. The summed E-state index contributed by atoms with van der Waals surface area (Å²) >= 11 is 0. The Labute approximate surface area is 129 Å². The molecule has 1 aromatic rings. The Balaban J connectivity index is 2.29. The van der Waals surface area contributed by atoms with E-state index >= 15 is 0 Å². The van der Waals surface area contributed by atoms with Gasteiger partial charge in [-0.2, -0.15) is 0 Å². The van der Waals surface area contributed by atoms with Gasteiger partial charge in [0.25, 0.3) is 5.91 Å². The van der Waals surface area contributed by atoms with Crippen LogP contribution in [0.2, 0.25) is 0 Å². The number of ether oxygens (including phenoxy) is 2. The summed E-state index contributed by atoms with van der Waals surface area (Å²) in [7, 11) is 3.07. The van der Waals surface area contributed by atoms with E-state index in [1.807, 2.05) is 6.92 Å². The first kappa shape index (κ1) is 16.1. The van der Waals surface area contributed by atoms with Gasteiger partial charge in [0.1, 0.15) is 11.5 Å². The summed E-state index contributed by atoms with van der Waals surface area (Å²) < 4.78 is 10.6. The van der Waals surface area contributed by atoms with E-state index < -0.39 is 11.4 Å². The number of benzene rings is 1. The van der Waals surface area contributed by atoms with Gasteiger partial charge in [-0.1, -0.05) is 0 Å². The van der Waals surface area contributed by atoms with Crippen molar-refractivity contribution >= 4 is 11.9 Å². The van der Waals surface area contributed by atoms with Crippen LogP contribution in [-0.2, 0) is 4.79 Å². The van der Waals surface area contributed by atoms with E-state index in [0.717, 1.165) is 5.56 Å². The first-order chi connectivity index (χ1) is 10.3. The highest BCUT2D eigenvalue weighted by Gasteiger charge is 2.42. The lowest BCUT2D eigenvalue weighted by atomic mass is 9.90. The number of nitrogens with zero attached hydrogens (tertiary/aromatic N) is 1. The molecule has 1 heterocycles. The average Bonchev–Trinajstić information content (AvgIpc) is 2.90. The van der Waals surface area contributed by atoms with Crippen LogP contribution in [0.25, 0.3) is 0 Å². The van der Waals surface area contributed by atoms with Crippen molar-refractivity contribution in [3.63, 3.8) is 0 Å². The van der Waals surface area contributed by atoms with Crippen LogP contribution >= 0.6 is 0 Å². The molecule has 1 aliphatic heterocycles. The molecule has 0 spiro atoms. The summed E-state index contributed by atoms with van der Waals surface area (Å²) in [5, 5.41) is 9.27. The topological polar surface area (TPSA) is 76.1 Å². The van der Waals surface area contributed by atoms with Gasteiger partial charge >= 0.3 is 5.97 Å². The third kappa shape index (κ3) is 2.73. The number of aliphatic carboxylic acids is 1. The van der Waals surface area contributed by atoms with Crippen LogP contribution in [0.3, 0.4) is 0 Å². The molecule has 0 radical (unpaired) electrons. The molecule has 1 N–H and O–H groups in total. The van der Waals surface area contributed by atoms with Gasteiger partial charge in [0.15, 0.2) is 0 Å². The summed E-state index contributed by atoms with van der Waals surface area (Å²) in [6, 6.07) is 3.33. The van der Waals surface area contributed by atoms with Gasteiger partial charge in [-0.05, 0) is 32.4 Å². The molecule has 0 unspecified atom stereocenters. The molecule has 0 saturated carbocycles. The second-order valence-electron chi connectivity index (χ2n) is 5.85. The molecule has 6 nitrogen and oxygen atoms in total. The summed E-state index contributed by atoms with van der Waals surface area (Å²) in [6.45, 7) is 4.15. The quantitative estimate of drug-likeness (QED) is 0.920. The van der Waals surface area contributed by atoms with Crippen molar-refractivity contribution in [2.75, 3.05) is 27.3 Å². The molecule has 1 fully saturated rings. The van der Waals surface area contributed by atoms with Crippen molar-refractivity contribution in [2.45, 2.75) is 20.3 Å². The highest BCUT2D eigenvalue weighted by atomic mass is 16.5. The lowest BCUT2D eigenvalue weighted by Gasteiger charge is -2.21. The smallest absolute Gasteiger partial charge is 0.311 e. The van der Waals surface area contributed by atoms with Crippen LogP contribution in [0.4, 0.5) is 0 Å². The van der Waals surface area contributed by atoms with Gasteiger partial charge in [0.2, 0.25) is 0 Å². The maximum absolute atomic E-state index is 12.6. The van der Waals surface area contributed by atoms with Gasteiger partial charge in [-0.25, -0.2) is 0 Å². The predicted molar refractivity (Wildman–Crippen MR) is 80.5 cm³/mol. The molecule has 2 rings (SSSR count). The Morgan fingerprint density at radius 2 is 1.77 bits per heavy atom. The largest absolute Gasteiger partial charge is 0.496 e. The molecule has 1 saturated heterocycles. The van der Waals surface area contributed by atoms with Gasteiger partial charge in [-0.3, -0.25) is 9.59 Å². The number of rotatable bonds is 4. The van der Waals surface area contributed by atoms with Crippen LogP contribution in [0, 0.1) is 12.3 Å². The zero-order chi connectivity index (χ0) is 16.5. The zero-order valence-corrected chi connectivity index (χ0v) is 13.3. The number of carboxylic acid groups (broad SMARTS) is 1. The second-order valence-corrected chi connectivity index (χ2v) is 5.85. The van der Waals surface area contributed by atoms with E-state index in [4.69, 9.17) is 9.47 Å². The third-order valence-corrected chi connectivity index (χ3v) is 4.28. The van der Waals surface area contributed by atoms with Crippen LogP contribution in [-0.4, -0.2) is 49.2 Å². The van der Waals surface area contributed by atoms with Crippen molar-refractivity contribution in [3.8, 4) is 11.5 Å². The monoisotopic (exact) mass is 307 g/mol. The van der Waals surface area contributed by atoms with E-state index in [9.17, 15) is 14.7 Å². The minimum Gasteiger partial charge on any atom is -0.496 e. The molecule has 1 atom stereocenters. The second kappa shape index (κ2) is 5.87. The molecular weight excluding hydrogens is 286 g/mol. The molecule has 22 heavy (non-hydrogen) atoms. The number of carbonyl (C=O) groups excluding carboxylic acids is 1. The van der Waals surface area contributed by atoms with Crippen LogP contribution in [0.5, 0.6) is 11.5 Å². The molecule has 0 aromatic heterocycles. The van der Waals surface area contributed by atoms with Crippen LogP contribution in [0.1, 0.15) is 29.3 Å². The molecular formula is C16H21NO5. The van der Waals surface area contributed by atoms with Crippen LogP contribution in [0.15, 0.2) is 12.1 Å². The summed E-state index contributed by atoms with van der Waals surface area (Å²) in [5.41, 5.74) is 0.376. The van der Waals surface area contributed by atoms with Crippen LogP contribution < -0.4 is 9.47 Å². The van der Waals surface area contributed by atoms with Crippen molar-refractivity contribution in [3.05, 3.63) is 23.3 Å². The number of likely N-dealkylation sites (tertiary alicyclic amines) is 1. The van der Waals surface area contributed by atoms with Gasteiger partial charge in [-0.15, -0.1) is 0 Å². The van der Waals surface area contributed by atoms with Crippen molar-refractivity contribution in [2.24, 2.45) is 5.41 Å². The van der Waals surface area contributed by atoms with E-state index in [1.54, 1.807) is 24.0 Å². The molecule has 120 valence electrons. The van der Waals surface area contributed by atoms with Crippen molar-refractivity contribution < 1.29 is 24.2 Å². The predicted octanol–water partition coefficient (Wildman–Crippen LogP) is 1.95. The fourth-order valence-electron chi connectivity index (χ4n) is 2.70. The SMILES string of the molecule is COc1cc(C(=O)N2CC[C@](C)(C(=O)O)C2)cc(OC)c1C. The maximum Gasteiger partial charge on any atom is 0.311 e. The van der Waals surface area contributed by atoms with Crippen molar-refractivity contribution in [1.82, 2.24) is 4.90 Å². The fraction of sp³-hybridized carbons (Fsp3) is 0.500. The minimum atomic E-state index is -0.880. The number of methoxy groups -OCH3 is 2. The zero-order valence-electron chi connectivity index (χ0n) is 13.3. The highest BCUT2D eigenvalue weighted by molar-refractivity contribution is 5.96. The van der Waals surface area contributed by atoms with E-state index in [-0.39, 0.29) is 12.5 Å². The molecule has 1 aromatic carbocycles. The van der Waals surface area contributed by atoms with Gasteiger partial charge < -0.3 is 19.5 Å². The molecule has 1 aliphatic rings. The molecule has 0 bridgehead atoms. The standard InChI is InChI=1S/C16H21NO5/c1-10-12(21-3)7-11(8-13(10)22-4)14(18)17-6-5-16(2,9-17)15(19)20/h7-8H,5-6,9H2,1-4H3,(H,19,20)/t16-/m0/s1. The summed E-state index contributed by atoms with van der Waals surface area (Å²) in [4.78, 5) is 25.5. The number of carbonyl (C=O) groups is 2. The highest BCUT2D eigenvalue weighted by Crippen LogP contribution is 2.33. The van der Waals surface area contributed by atoms with Gasteiger partial charge in [0, 0.05) is 24.2 Å². The summed E-state index contributed by atoms with van der Waals surface area (Å²) in [5.74, 6) is 0.0641. The number of hydrogen-bond donors (Lipinski definition) is 1. The number of hydrogen-bond acceptors (Lipinski definition) is 4. The van der Waals surface area contributed by atoms with E-state index in [0.29, 0.717) is 30.0 Å². The first-order valence-electron chi connectivity index (χ1n) is 7.07. The molecule has 0 aliphatic carbocycles. The summed E-state index contributed by atoms with van der Waals surface area (Å²) in [6.07, 6.45) is 0.453. The normalized spacial score (nSPS) is 20.8. The van der Waals surface area contributed by atoms with Gasteiger partial charge in [0.05, 0.1) is 19.6 Å². The Bertz CT molecular complexity index is 588. The third-order valence-electron chi connectivity index (χ3n) is 4.28. The fourth-order valence-corrected chi connectivity index (χ4v) is 2.70. The lowest BCUT2D eigenvalue weighted by Crippen LogP contribution is -2.34. The Kier molecular flexibility index (Phi) is 4.30. The molecule has 1 amide bonds. The van der Waals surface area contributed by atoms with E-state index in [1.165, 1.54) is 14.2 Å². The minimum absolute atomic E-state index is 0.207. The lowest BCUT2D eigenvalue weighted by molar-refractivity contribution is -0.147. The Hall–Kier alpha value is -2.24. The Morgan fingerprint density at radius 3 is 2.18 bits per heavy atom. The molecule has 6 heteroatoms. The number of carboxylic acids is 1.